The summed E-state index contributed by atoms with van der Waals surface area (Å²) in [5, 5.41) is 20.9. The molecule has 0 aliphatic rings. The van der Waals surface area contributed by atoms with Gasteiger partial charge in [-0.25, -0.2) is 8.42 Å². The van der Waals surface area contributed by atoms with E-state index in [1.165, 1.54) is 6.07 Å². The summed E-state index contributed by atoms with van der Waals surface area (Å²) < 4.78 is 56.2. The second-order valence-electron chi connectivity index (χ2n) is 5.50. The molecular weight excluding hydrogens is 402 g/mol. The summed E-state index contributed by atoms with van der Waals surface area (Å²) in [5.74, 6) is 0. The molecule has 0 bridgehead atoms. The average molecular weight is 417 g/mol. The molecule has 27 heavy (non-hydrogen) atoms. The summed E-state index contributed by atoms with van der Waals surface area (Å²) in [6.45, 7) is 0.965. The predicted octanol–water partition coefficient (Wildman–Crippen LogP) is 0.785. The lowest BCUT2D eigenvalue weighted by atomic mass is 10.0. The highest BCUT2D eigenvalue weighted by molar-refractivity contribution is 7.92. The molecule has 2 aromatic carbocycles. The van der Waals surface area contributed by atoms with E-state index in [1.54, 1.807) is 0 Å². The second-order valence-corrected chi connectivity index (χ2v) is 9.10. The van der Waals surface area contributed by atoms with Crippen molar-refractivity contribution in [2.75, 3.05) is 11.5 Å². The minimum absolute atomic E-state index is 0.0452. The van der Waals surface area contributed by atoms with Gasteiger partial charge in [0.05, 0.1) is 21.1 Å². The van der Waals surface area contributed by atoms with Crippen LogP contribution in [0.15, 0.2) is 40.1 Å². The Balaban J connectivity index is 2.85. The van der Waals surface area contributed by atoms with Crippen molar-refractivity contribution in [3.8, 4) is 11.1 Å². The smallest absolute Gasteiger partial charge is 0.301 e. The summed E-state index contributed by atoms with van der Waals surface area (Å²) in [7, 11) is -9.04. The SMILES string of the molecule is CC(O)S(=O)(=O)c1ccc(-c2ccc(N)c(S(=O)(=O)O)c2)c([N+](=O)[O-])c1N. The predicted molar refractivity (Wildman–Crippen MR) is 96.0 cm³/mol. The van der Waals surface area contributed by atoms with E-state index in [2.05, 4.69) is 0 Å². The Kier molecular flexibility index (Phi) is 5.16. The Morgan fingerprint density at radius 2 is 1.67 bits per heavy atom. The zero-order valence-electron chi connectivity index (χ0n) is 13.7. The lowest BCUT2D eigenvalue weighted by Gasteiger charge is -2.13. The highest BCUT2D eigenvalue weighted by Crippen LogP contribution is 2.40. The number of nitro benzene ring substituents is 1. The molecule has 0 amide bonds. The van der Waals surface area contributed by atoms with E-state index in [0.29, 0.717) is 0 Å². The fourth-order valence-electron chi connectivity index (χ4n) is 2.38. The number of aliphatic hydroxyl groups excluding tert-OH is 1. The molecule has 1 atom stereocenters. The standard InChI is InChI=1S/C14H15N3O8S2/c1-7(18)26(21,22)11-5-3-9(14(13(11)16)17(19)20)8-2-4-10(15)12(6-8)27(23,24)25/h2-7,18H,15-16H2,1H3,(H,23,24,25). The molecule has 6 N–H and O–H groups in total. The van der Waals surface area contributed by atoms with Gasteiger partial charge in [0.1, 0.15) is 10.6 Å². The molecule has 0 spiro atoms. The van der Waals surface area contributed by atoms with Crippen LogP contribution in [-0.2, 0) is 20.0 Å². The van der Waals surface area contributed by atoms with Gasteiger partial charge >= 0.3 is 5.69 Å². The normalized spacial score (nSPS) is 13.3. The van der Waals surface area contributed by atoms with Crippen LogP contribution in [0.4, 0.5) is 17.1 Å². The zero-order valence-corrected chi connectivity index (χ0v) is 15.4. The molecule has 0 radical (unpaired) electrons. The van der Waals surface area contributed by atoms with Crippen molar-refractivity contribution in [2.45, 2.75) is 22.2 Å². The maximum atomic E-state index is 12.1. The number of nitrogens with zero attached hydrogens (tertiary/aromatic N) is 1. The maximum Gasteiger partial charge on any atom is 0.301 e. The van der Waals surface area contributed by atoms with Gasteiger partial charge in [-0.2, -0.15) is 8.42 Å². The van der Waals surface area contributed by atoms with E-state index in [4.69, 9.17) is 11.5 Å². The number of sulfone groups is 1. The Morgan fingerprint density at radius 3 is 2.15 bits per heavy atom. The van der Waals surface area contributed by atoms with E-state index >= 15 is 0 Å². The van der Waals surface area contributed by atoms with E-state index in [-0.39, 0.29) is 16.8 Å². The number of aliphatic hydroxyl groups is 1. The number of nitrogen functional groups attached to an aromatic ring is 2. The molecule has 0 fully saturated rings. The number of rotatable bonds is 5. The summed E-state index contributed by atoms with van der Waals surface area (Å²) in [5.41, 5.74) is 7.26. The van der Waals surface area contributed by atoms with Crippen molar-refractivity contribution in [3.05, 3.63) is 40.4 Å². The summed E-state index contributed by atoms with van der Waals surface area (Å²) in [6, 6.07) is 5.26. The highest BCUT2D eigenvalue weighted by atomic mass is 32.2. The minimum Gasteiger partial charge on any atom is -0.398 e. The molecule has 0 saturated carbocycles. The van der Waals surface area contributed by atoms with Crippen molar-refractivity contribution >= 4 is 37.0 Å². The van der Waals surface area contributed by atoms with Crippen molar-refractivity contribution < 1.29 is 31.4 Å². The number of benzene rings is 2. The fraction of sp³-hybridized carbons (Fsp3) is 0.143. The van der Waals surface area contributed by atoms with Crippen LogP contribution in [0.1, 0.15) is 6.92 Å². The van der Waals surface area contributed by atoms with Gasteiger partial charge in [0.15, 0.2) is 5.44 Å². The molecule has 0 aliphatic heterocycles. The van der Waals surface area contributed by atoms with Crippen LogP contribution in [0.3, 0.4) is 0 Å². The zero-order chi connectivity index (χ0) is 20.7. The lowest BCUT2D eigenvalue weighted by molar-refractivity contribution is -0.383. The van der Waals surface area contributed by atoms with E-state index in [0.717, 1.165) is 31.2 Å². The monoisotopic (exact) mass is 417 g/mol. The molecule has 0 aromatic heterocycles. The molecule has 0 heterocycles. The first kappa shape index (κ1) is 20.6. The molecule has 13 heteroatoms. The average Bonchev–Trinajstić information content (AvgIpc) is 2.53. The van der Waals surface area contributed by atoms with Gasteiger partial charge < -0.3 is 16.6 Å². The Bertz CT molecular complexity index is 1140. The molecule has 0 saturated heterocycles. The van der Waals surface area contributed by atoms with Crippen LogP contribution in [0.2, 0.25) is 0 Å². The Morgan fingerprint density at radius 1 is 1.07 bits per heavy atom. The van der Waals surface area contributed by atoms with Gasteiger partial charge in [-0.15, -0.1) is 0 Å². The highest BCUT2D eigenvalue weighted by Gasteiger charge is 2.31. The van der Waals surface area contributed by atoms with E-state index < -0.39 is 51.5 Å². The maximum absolute atomic E-state index is 12.1. The second kappa shape index (κ2) is 6.77. The summed E-state index contributed by atoms with van der Waals surface area (Å²) in [6.07, 6.45) is 0. The number of hydrogen-bond donors (Lipinski definition) is 4. The quantitative estimate of drug-likeness (QED) is 0.233. The third kappa shape index (κ3) is 3.71. The van der Waals surface area contributed by atoms with Crippen LogP contribution in [0.25, 0.3) is 11.1 Å². The van der Waals surface area contributed by atoms with Gasteiger partial charge in [0.2, 0.25) is 9.84 Å². The number of anilines is 2. The van der Waals surface area contributed by atoms with Gasteiger partial charge in [-0.3, -0.25) is 14.7 Å². The lowest BCUT2D eigenvalue weighted by Crippen LogP contribution is -2.19. The van der Waals surface area contributed by atoms with Crippen LogP contribution < -0.4 is 11.5 Å². The first-order chi connectivity index (χ1) is 12.3. The van der Waals surface area contributed by atoms with E-state index in [1.807, 2.05) is 0 Å². The first-order valence-corrected chi connectivity index (χ1v) is 10.1. The topological polar surface area (TPSA) is 204 Å². The number of nitrogens with two attached hydrogens (primary N) is 2. The molecular formula is C14H15N3O8S2. The van der Waals surface area contributed by atoms with Crippen LogP contribution in [0.5, 0.6) is 0 Å². The minimum atomic E-state index is -4.70. The van der Waals surface area contributed by atoms with Crippen molar-refractivity contribution in [1.82, 2.24) is 0 Å². The molecule has 1 unspecified atom stereocenters. The van der Waals surface area contributed by atoms with Crippen molar-refractivity contribution in [1.29, 1.82) is 0 Å². The van der Waals surface area contributed by atoms with Gasteiger partial charge in [-0.1, -0.05) is 6.07 Å². The van der Waals surface area contributed by atoms with Gasteiger partial charge in [0, 0.05) is 0 Å². The summed E-state index contributed by atoms with van der Waals surface area (Å²) in [4.78, 5) is 9.24. The Labute approximate surface area is 154 Å². The summed E-state index contributed by atoms with van der Waals surface area (Å²) >= 11 is 0. The van der Waals surface area contributed by atoms with Crippen molar-refractivity contribution in [3.63, 3.8) is 0 Å². The molecule has 2 aromatic rings. The van der Waals surface area contributed by atoms with Crippen LogP contribution in [-0.4, -0.2) is 36.9 Å². The fourth-order valence-corrected chi connectivity index (χ4v) is 4.05. The molecule has 2 rings (SSSR count). The van der Waals surface area contributed by atoms with Crippen LogP contribution in [0, 0.1) is 10.1 Å². The largest absolute Gasteiger partial charge is 0.398 e. The molecule has 0 aliphatic carbocycles. The number of nitro groups is 1. The third-order valence-corrected chi connectivity index (χ3v) is 6.49. The number of hydrogen-bond acceptors (Lipinski definition) is 9. The van der Waals surface area contributed by atoms with E-state index in [9.17, 15) is 36.6 Å². The van der Waals surface area contributed by atoms with Crippen molar-refractivity contribution in [2.24, 2.45) is 0 Å². The Hall–Kier alpha value is -2.74. The van der Waals surface area contributed by atoms with Gasteiger partial charge in [-0.05, 0) is 36.8 Å². The first-order valence-electron chi connectivity index (χ1n) is 7.14. The molecule has 11 nitrogen and oxygen atoms in total. The molecule has 146 valence electrons. The van der Waals surface area contributed by atoms with Crippen LogP contribution >= 0.6 is 0 Å². The van der Waals surface area contributed by atoms with Gasteiger partial charge in [0.25, 0.3) is 10.1 Å². The third-order valence-electron chi connectivity index (χ3n) is 3.72.